The second kappa shape index (κ2) is 5.61. The summed E-state index contributed by atoms with van der Waals surface area (Å²) >= 11 is 0. The van der Waals surface area contributed by atoms with E-state index >= 15 is 0 Å². The predicted molar refractivity (Wildman–Crippen MR) is 83.6 cm³/mol. The van der Waals surface area contributed by atoms with Gasteiger partial charge >= 0.3 is 0 Å². The van der Waals surface area contributed by atoms with Crippen molar-refractivity contribution in [1.82, 2.24) is 0 Å². The highest BCUT2D eigenvalue weighted by Crippen LogP contribution is 2.48. The molecule has 2 heteroatoms. The molecule has 3 fully saturated rings. The van der Waals surface area contributed by atoms with E-state index in [9.17, 15) is 0 Å². The third-order valence-electron chi connectivity index (χ3n) is 6.64. The minimum Gasteiger partial charge on any atom is -0.375 e. The maximum absolute atomic E-state index is 6.76. The SMILES string of the molecule is CC1(C)CCCC1C(N)C1CCOC2(CCCCC2)C1. The molecule has 1 aliphatic heterocycles. The van der Waals surface area contributed by atoms with E-state index in [2.05, 4.69) is 13.8 Å². The summed E-state index contributed by atoms with van der Waals surface area (Å²) in [6.45, 7) is 5.81. The number of hydrogen-bond acceptors (Lipinski definition) is 2. The molecule has 2 nitrogen and oxygen atoms in total. The highest BCUT2D eigenvalue weighted by Gasteiger charge is 2.45. The number of ether oxygens (including phenoxy) is 1. The summed E-state index contributed by atoms with van der Waals surface area (Å²) in [5, 5.41) is 0. The van der Waals surface area contributed by atoms with Crippen molar-refractivity contribution in [2.75, 3.05) is 6.61 Å². The van der Waals surface area contributed by atoms with Crippen LogP contribution in [0.25, 0.3) is 0 Å². The summed E-state index contributed by atoms with van der Waals surface area (Å²) in [6.07, 6.45) is 13.2. The first-order valence-corrected chi connectivity index (χ1v) is 8.92. The standard InChI is InChI=1S/C18H33NO/c1-17(2)9-6-7-15(17)16(19)14-8-12-20-18(13-14)10-4-3-5-11-18/h14-16H,3-13,19H2,1-2H3. The molecule has 3 atom stereocenters. The average molecular weight is 279 g/mol. The average Bonchev–Trinajstić information content (AvgIpc) is 2.78. The summed E-state index contributed by atoms with van der Waals surface area (Å²) in [6, 6.07) is 0.398. The zero-order chi connectivity index (χ0) is 14.2. The molecule has 0 aromatic heterocycles. The summed E-state index contributed by atoms with van der Waals surface area (Å²) in [5.74, 6) is 1.43. The maximum Gasteiger partial charge on any atom is 0.0685 e. The third-order valence-corrected chi connectivity index (χ3v) is 6.64. The maximum atomic E-state index is 6.76. The van der Waals surface area contributed by atoms with Crippen LogP contribution in [0.4, 0.5) is 0 Å². The zero-order valence-electron chi connectivity index (χ0n) is 13.5. The number of rotatable bonds is 2. The van der Waals surface area contributed by atoms with Crippen molar-refractivity contribution in [1.29, 1.82) is 0 Å². The second-order valence-corrected chi connectivity index (χ2v) is 8.41. The van der Waals surface area contributed by atoms with Crippen molar-refractivity contribution in [2.24, 2.45) is 23.0 Å². The van der Waals surface area contributed by atoms with Crippen LogP contribution in [0.5, 0.6) is 0 Å². The van der Waals surface area contributed by atoms with Crippen molar-refractivity contribution in [2.45, 2.75) is 89.7 Å². The molecule has 0 amide bonds. The van der Waals surface area contributed by atoms with Crippen LogP contribution in [0.3, 0.4) is 0 Å². The first-order chi connectivity index (χ1) is 9.53. The van der Waals surface area contributed by atoms with Crippen molar-refractivity contribution in [3.8, 4) is 0 Å². The molecule has 1 spiro atoms. The van der Waals surface area contributed by atoms with Gasteiger partial charge in [0.1, 0.15) is 0 Å². The Hall–Kier alpha value is -0.0800. The third kappa shape index (κ3) is 2.78. The molecule has 3 aliphatic rings. The van der Waals surface area contributed by atoms with Gasteiger partial charge in [-0.15, -0.1) is 0 Å². The van der Waals surface area contributed by atoms with Gasteiger partial charge in [0.05, 0.1) is 5.60 Å². The van der Waals surface area contributed by atoms with E-state index in [1.165, 1.54) is 64.2 Å². The fraction of sp³-hybridized carbons (Fsp3) is 1.00. The van der Waals surface area contributed by atoms with Crippen LogP contribution in [-0.4, -0.2) is 18.2 Å². The van der Waals surface area contributed by atoms with E-state index in [0.717, 1.165) is 12.5 Å². The van der Waals surface area contributed by atoms with Gasteiger partial charge in [0.2, 0.25) is 0 Å². The lowest BCUT2D eigenvalue weighted by atomic mass is 9.68. The van der Waals surface area contributed by atoms with Gasteiger partial charge in [0.25, 0.3) is 0 Å². The second-order valence-electron chi connectivity index (χ2n) is 8.41. The molecule has 116 valence electrons. The van der Waals surface area contributed by atoms with Gasteiger partial charge in [-0.3, -0.25) is 0 Å². The molecule has 0 radical (unpaired) electrons. The van der Waals surface area contributed by atoms with Crippen molar-refractivity contribution in [3.05, 3.63) is 0 Å². The first-order valence-electron chi connectivity index (χ1n) is 8.92. The Morgan fingerprint density at radius 3 is 2.40 bits per heavy atom. The van der Waals surface area contributed by atoms with Gasteiger partial charge in [-0.2, -0.15) is 0 Å². The molecule has 20 heavy (non-hydrogen) atoms. The molecule has 2 N–H and O–H groups in total. The van der Waals surface area contributed by atoms with Gasteiger partial charge in [-0.05, 0) is 55.8 Å². The molecule has 3 rings (SSSR count). The van der Waals surface area contributed by atoms with Crippen LogP contribution in [0.1, 0.15) is 78.1 Å². The number of hydrogen-bond donors (Lipinski definition) is 1. The summed E-state index contributed by atoms with van der Waals surface area (Å²) in [4.78, 5) is 0. The zero-order valence-corrected chi connectivity index (χ0v) is 13.5. The molecular weight excluding hydrogens is 246 g/mol. The molecule has 1 saturated heterocycles. The quantitative estimate of drug-likeness (QED) is 0.819. The highest BCUT2D eigenvalue weighted by atomic mass is 16.5. The van der Waals surface area contributed by atoms with E-state index in [1.807, 2.05) is 0 Å². The lowest BCUT2D eigenvalue weighted by Crippen LogP contribution is -2.50. The Morgan fingerprint density at radius 1 is 1.00 bits per heavy atom. The van der Waals surface area contributed by atoms with E-state index < -0.39 is 0 Å². The lowest BCUT2D eigenvalue weighted by Gasteiger charge is -2.47. The predicted octanol–water partition coefficient (Wildman–Crippen LogP) is 4.27. The molecule has 0 aromatic carbocycles. The normalized spacial score (nSPS) is 38.0. The Bertz CT molecular complexity index is 327. The van der Waals surface area contributed by atoms with Crippen LogP contribution in [0, 0.1) is 17.3 Å². The van der Waals surface area contributed by atoms with E-state index in [4.69, 9.17) is 10.5 Å². The van der Waals surface area contributed by atoms with E-state index in [1.54, 1.807) is 0 Å². The molecular formula is C18H33NO. The monoisotopic (exact) mass is 279 g/mol. The van der Waals surface area contributed by atoms with E-state index in [-0.39, 0.29) is 5.60 Å². The minimum absolute atomic E-state index is 0.210. The molecule has 3 unspecified atom stereocenters. The van der Waals surface area contributed by atoms with Gasteiger partial charge in [-0.25, -0.2) is 0 Å². The van der Waals surface area contributed by atoms with Crippen molar-refractivity contribution in [3.63, 3.8) is 0 Å². The minimum atomic E-state index is 0.210. The van der Waals surface area contributed by atoms with Crippen molar-refractivity contribution < 1.29 is 4.74 Å². The Labute approximate surface area is 124 Å². The lowest BCUT2D eigenvalue weighted by molar-refractivity contribution is -0.124. The summed E-state index contributed by atoms with van der Waals surface area (Å²) in [5.41, 5.74) is 7.43. The first kappa shape index (κ1) is 14.8. The van der Waals surface area contributed by atoms with Crippen LogP contribution >= 0.6 is 0 Å². The summed E-state index contributed by atoms with van der Waals surface area (Å²) < 4.78 is 6.25. The number of nitrogens with two attached hydrogens (primary N) is 1. The molecule has 2 aliphatic carbocycles. The molecule has 2 saturated carbocycles. The smallest absolute Gasteiger partial charge is 0.0685 e. The fourth-order valence-electron chi connectivity index (χ4n) is 5.33. The largest absolute Gasteiger partial charge is 0.375 e. The van der Waals surface area contributed by atoms with Gasteiger partial charge < -0.3 is 10.5 Å². The Balaban J connectivity index is 1.67. The van der Waals surface area contributed by atoms with Gasteiger partial charge in [0.15, 0.2) is 0 Å². The topological polar surface area (TPSA) is 35.2 Å². The van der Waals surface area contributed by atoms with Crippen LogP contribution in [-0.2, 0) is 4.74 Å². The van der Waals surface area contributed by atoms with Crippen LogP contribution in [0.15, 0.2) is 0 Å². The fourth-order valence-corrected chi connectivity index (χ4v) is 5.33. The van der Waals surface area contributed by atoms with Crippen LogP contribution in [0.2, 0.25) is 0 Å². The van der Waals surface area contributed by atoms with Crippen LogP contribution < -0.4 is 5.73 Å². The molecule has 1 heterocycles. The summed E-state index contributed by atoms with van der Waals surface area (Å²) in [7, 11) is 0. The molecule has 0 bridgehead atoms. The van der Waals surface area contributed by atoms with Gasteiger partial charge in [0, 0.05) is 12.6 Å². The highest BCUT2D eigenvalue weighted by molar-refractivity contribution is 4.98. The Kier molecular flexibility index (Phi) is 4.16. The van der Waals surface area contributed by atoms with Crippen molar-refractivity contribution >= 4 is 0 Å². The van der Waals surface area contributed by atoms with E-state index in [0.29, 0.717) is 17.4 Å². The Morgan fingerprint density at radius 2 is 1.75 bits per heavy atom. The van der Waals surface area contributed by atoms with Gasteiger partial charge in [-0.1, -0.05) is 39.5 Å². The molecule has 0 aromatic rings.